The molecule has 0 heterocycles. The van der Waals surface area contributed by atoms with Gasteiger partial charge in [-0.3, -0.25) is 0 Å². The second-order valence-electron chi connectivity index (χ2n) is 5.59. The third-order valence-corrected chi connectivity index (χ3v) is 5.27. The van der Waals surface area contributed by atoms with E-state index in [1.807, 2.05) is 6.92 Å². The lowest BCUT2D eigenvalue weighted by Crippen LogP contribution is -2.32. The van der Waals surface area contributed by atoms with Crippen molar-refractivity contribution in [2.75, 3.05) is 0 Å². The van der Waals surface area contributed by atoms with Crippen molar-refractivity contribution in [1.29, 1.82) is 0 Å². The van der Waals surface area contributed by atoms with Crippen LogP contribution in [0.4, 0.5) is 0 Å². The van der Waals surface area contributed by atoms with Gasteiger partial charge in [0.05, 0.1) is 4.90 Å². The highest BCUT2D eigenvalue weighted by molar-refractivity contribution is 7.89. The maximum absolute atomic E-state index is 12.2. The Balaban J connectivity index is 2.11. The van der Waals surface area contributed by atoms with Crippen molar-refractivity contribution in [3.8, 4) is 0 Å². The Morgan fingerprint density at radius 1 is 1.26 bits per heavy atom. The SMILES string of the molecule is CC1CCC(NS(=O)(=O)c2ccc(C(C)N)cc2)C1. The van der Waals surface area contributed by atoms with Crippen molar-refractivity contribution < 1.29 is 8.42 Å². The van der Waals surface area contributed by atoms with Gasteiger partial charge in [0.15, 0.2) is 0 Å². The van der Waals surface area contributed by atoms with Crippen molar-refractivity contribution in [1.82, 2.24) is 4.72 Å². The molecule has 1 saturated carbocycles. The summed E-state index contributed by atoms with van der Waals surface area (Å²) in [5.41, 5.74) is 6.69. The molecule has 0 amide bonds. The van der Waals surface area contributed by atoms with Gasteiger partial charge in [-0.15, -0.1) is 0 Å². The second kappa shape index (κ2) is 5.61. The lowest BCUT2D eigenvalue weighted by Gasteiger charge is -2.13. The highest BCUT2D eigenvalue weighted by Crippen LogP contribution is 2.26. The fourth-order valence-electron chi connectivity index (χ4n) is 2.55. The summed E-state index contributed by atoms with van der Waals surface area (Å²) in [6, 6.07) is 6.79. The number of nitrogens with one attached hydrogen (secondary N) is 1. The highest BCUT2D eigenvalue weighted by Gasteiger charge is 2.26. The summed E-state index contributed by atoms with van der Waals surface area (Å²) in [7, 11) is -3.40. The number of hydrogen-bond donors (Lipinski definition) is 2. The largest absolute Gasteiger partial charge is 0.324 e. The summed E-state index contributed by atoms with van der Waals surface area (Å²) in [5.74, 6) is 0.605. The molecule has 1 aromatic carbocycles. The maximum atomic E-state index is 12.2. The zero-order valence-electron chi connectivity index (χ0n) is 11.5. The van der Waals surface area contributed by atoms with Gasteiger partial charge in [0.2, 0.25) is 10.0 Å². The van der Waals surface area contributed by atoms with Crippen LogP contribution in [0.25, 0.3) is 0 Å². The molecule has 106 valence electrons. The molecule has 0 spiro atoms. The van der Waals surface area contributed by atoms with Crippen LogP contribution >= 0.6 is 0 Å². The van der Waals surface area contributed by atoms with Gasteiger partial charge in [-0.1, -0.05) is 19.1 Å². The molecule has 1 aliphatic carbocycles. The molecule has 3 unspecified atom stereocenters. The second-order valence-corrected chi connectivity index (χ2v) is 7.31. The first kappa shape index (κ1) is 14.5. The molecule has 1 aliphatic rings. The van der Waals surface area contributed by atoms with Crippen molar-refractivity contribution >= 4 is 10.0 Å². The van der Waals surface area contributed by atoms with Crippen LogP contribution in [0.1, 0.15) is 44.7 Å². The van der Waals surface area contributed by atoms with Gasteiger partial charge in [0, 0.05) is 12.1 Å². The maximum Gasteiger partial charge on any atom is 0.240 e. The van der Waals surface area contributed by atoms with E-state index in [0.717, 1.165) is 24.8 Å². The molecular weight excluding hydrogens is 260 g/mol. The predicted molar refractivity (Wildman–Crippen MR) is 76.2 cm³/mol. The van der Waals surface area contributed by atoms with Crippen molar-refractivity contribution in [2.45, 2.75) is 50.1 Å². The molecule has 3 atom stereocenters. The molecule has 2 rings (SSSR count). The molecule has 5 heteroatoms. The Hall–Kier alpha value is -0.910. The van der Waals surface area contributed by atoms with Gasteiger partial charge in [0.1, 0.15) is 0 Å². The quantitative estimate of drug-likeness (QED) is 0.889. The fourth-order valence-corrected chi connectivity index (χ4v) is 3.84. The van der Waals surface area contributed by atoms with Crippen LogP contribution in [-0.2, 0) is 10.0 Å². The summed E-state index contributed by atoms with van der Waals surface area (Å²) in [5, 5.41) is 0. The molecule has 0 aromatic heterocycles. The standard InChI is InChI=1S/C14H22N2O2S/c1-10-3-6-13(9-10)16-19(17,18)14-7-4-12(5-8-14)11(2)15/h4-5,7-8,10-11,13,16H,3,6,9,15H2,1-2H3. The summed E-state index contributed by atoms with van der Waals surface area (Å²) in [6.07, 6.45) is 2.95. The van der Waals surface area contributed by atoms with E-state index < -0.39 is 10.0 Å². The zero-order valence-corrected chi connectivity index (χ0v) is 12.3. The first-order valence-electron chi connectivity index (χ1n) is 6.76. The topological polar surface area (TPSA) is 72.2 Å². The minimum absolute atomic E-state index is 0.0770. The van der Waals surface area contributed by atoms with E-state index in [9.17, 15) is 8.42 Å². The van der Waals surface area contributed by atoms with Crippen LogP contribution in [0.15, 0.2) is 29.2 Å². The van der Waals surface area contributed by atoms with E-state index in [-0.39, 0.29) is 12.1 Å². The normalized spacial score (nSPS) is 25.4. The van der Waals surface area contributed by atoms with Gasteiger partial charge in [-0.25, -0.2) is 13.1 Å². The summed E-state index contributed by atoms with van der Waals surface area (Å²) in [4.78, 5) is 0.316. The zero-order chi connectivity index (χ0) is 14.0. The van der Waals surface area contributed by atoms with Gasteiger partial charge < -0.3 is 5.73 Å². The number of benzene rings is 1. The monoisotopic (exact) mass is 282 g/mol. The van der Waals surface area contributed by atoms with E-state index in [4.69, 9.17) is 5.73 Å². The Kier molecular flexibility index (Phi) is 4.28. The molecule has 1 fully saturated rings. The van der Waals surface area contributed by atoms with Gasteiger partial charge in [0.25, 0.3) is 0 Å². The van der Waals surface area contributed by atoms with Gasteiger partial charge in [-0.05, 0) is 49.8 Å². The van der Waals surface area contributed by atoms with Gasteiger partial charge >= 0.3 is 0 Å². The van der Waals surface area contributed by atoms with E-state index in [2.05, 4.69) is 11.6 Å². The minimum Gasteiger partial charge on any atom is -0.324 e. The highest BCUT2D eigenvalue weighted by atomic mass is 32.2. The van der Waals surface area contributed by atoms with Crippen molar-refractivity contribution in [2.24, 2.45) is 11.7 Å². The number of sulfonamides is 1. The van der Waals surface area contributed by atoms with Gasteiger partial charge in [-0.2, -0.15) is 0 Å². The Labute approximate surface area is 115 Å². The molecule has 0 radical (unpaired) electrons. The van der Waals surface area contributed by atoms with E-state index in [1.54, 1.807) is 24.3 Å². The lowest BCUT2D eigenvalue weighted by atomic mass is 10.1. The van der Waals surface area contributed by atoms with E-state index in [1.165, 1.54) is 0 Å². The van der Waals surface area contributed by atoms with Crippen molar-refractivity contribution in [3.05, 3.63) is 29.8 Å². The van der Waals surface area contributed by atoms with E-state index >= 15 is 0 Å². The summed E-state index contributed by atoms with van der Waals surface area (Å²) in [6.45, 7) is 4.04. The molecule has 19 heavy (non-hydrogen) atoms. The summed E-state index contributed by atoms with van der Waals surface area (Å²) < 4.78 is 27.3. The van der Waals surface area contributed by atoms with Crippen LogP contribution in [-0.4, -0.2) is 14.5 Å². The molecule has 4 nitrogen and oxygen atoms in total. The molecule has 0 aliphatic heterocycles. The Morgan fingerprint density at radius 3 is 2.37 bits per heavy atom. The number of nitrogens with two attached hydrogens (primary N) is 1. The fraction of sp³-hybridized carbons (Fsp3) is 0.571. The first-order chi connectivity index (χ1) is 8.88. The molecule has 0 bridgehead atoms. The average molecular weight is 282 g/mol. The van der Waals surface area contributed by atoms with Crippen LogP contribution in [0.2, 0.25) is 0 Å². The van der Waals surface area contributed by atoms with Crippen molar-refractivity contribution in [3.63, 3.8) is 0 Å². The molecule has 1 aromatic rings. The van der Waals surface area contributed by atoms with Crippen LogP contribution in [0.5, 0.6) is 0 Å². The van der Waals surface area contributed by atoms with Crippen LogP contribution in [0, 0.1) is 5.92 Å². The molecule has 3 N–H and O–H groups in total. The average Bonchev–Trinajstić information content (AvgIpc) is 2.74. The molecule has 0 saturated heterocycles. The Bertz CT molecular complexity index is 523. The Morgan fingerprint density at radius 2 is 1.89 bits per heavy atom. The lowest BCUT2D eigenvalue weighted by molar-refractivity contribution is 0.538. The number of rotatable bonds is 4. The minimum atomic E-state index is -3.40. The summed E-state index contributed by atoms with van der Waals surface area (Å²) >= 11 is 0. The predicted octanol–water partition coefficient (Wildman–Crippen LogP) is 2.17. The smallest absolute Gasteiger partial charge is 0.240 e. The first-order valence-corrected chi connectivity index (χ1v) is 8.24. The third kappa shape index (κ3) is 3.55. The number of hydrogen-bond acceptors (Lipinski definition) is 3. The van der Waals surface area contributed by atoms with E-state index in [0.29, 0.717) is 10.8 Å². The third-order valence-electron chi connectivity index (χ3n) is 3.73. The van der Waals surface area contributed by atoms with Crippen LogP contribution in [0.3, 0.4) is 0 Å². The van der Waals surface area contributed by atoms with Crippen LogP contribution < -0.4 is 10.5 Å². The molecular formula is C14H22N2O2S.